The Hall–Kier alpha value is -3.39. The molecule has 11 heteroatoms. The molecule has 2 atom stereocenters. The van der Waals surface area contributed by atoms with Gasteiger partial charge in [-0.25, -0.2) is 4.79 Å². The Kier molecular flexibility index (Phi) is 7.15. The van der Waals surface area contributed by atoms with Gasteiger partial charge in [-0.3, -0.25) is 9.48 Å². The standard InChI is InChI=1S/C21H22F3N5O3/c1-28-17(9-10-26-28)15-7-5-14(6-8-15)12-16(13-25)27-19(30)18-4-2-3-11-29(18)32-20(31)21(22,23)24/h5-10,16,18H,2-4,11-12H2,1H3,(H,27,30)/t16-,18-/m0/s1. The quantitative estimate of drug-likeness (QED) is 0.728. The minimum Gasteiger partial charge on any atom is -0.360 e. The SMILES string of the molecule is Cn1nccc1-c1ccc(C[C@@H](C#N)NC(=O)[C@@H]2CCCCN2OC(=O)C(F)(F)F)cc1. The highest BCUT2D eigenvalue weighted by Crippen LogP contribution is 2.23. The van der Waals surface area contributed by atoms with Crippen molar-refractivity contribution < 1.29 is 27.6 Å². The van der Waals surface area contributed by atoms with Gasteiger partial charge >= 0.3 is 12.1 Å². The molecule has 170 valence electrons. The van der Waals surface area contributed by atoms with Crippen LogP contribution in [0.4, 0.5) is 13.2 Å². The Morgan fingerprint density at radius 1 is 1.28 bits per heavy atom. The lowest BCUT2D eigenvalue weighted by molar-refractivity contribution is -0.248. The van der Waals surface area contributed by atoms with E-state index in [1.807, 2.05) is 43.4 Å². The van der Waals surface area contributed by atoms with Gasteiger partial charge in [0.25, 0.3) is 0 Å². The van der Waals surface area contributed by atoms with Crippen LogP contribution in [-0.4, -0.2) is 51.5 Å². The maximum Gasteiger partial charge on any atom is 0.492 e. The number of aryl methyl sites for hydroxylation is 1. The molecule has 0 unspecified atom stereocenters. The van der Waals surface area contributed by atoms with E-state index in [4.69, 9.17) is 0 Å². The summed E-state index contributed by atoms with van der Waals surface area (Å²) >= 11 is 0. The van der Waals surface area contributed by atoms with Crippen molar-refractivity contribution in [3.8, 4) is 17.3 Å². The zero-order chi connectivity index (χ0) is 23.3. The molecule has 8 nitrogen and oxygen atoms in total. The second kappa shape index (κ2) is 9.82. The highest BCUT2D eigenvalue weighted by Gasteiger charge is 2.44. The summed E-state index contributed by atoms with van der Waals surface area (Å²) in [5.41, 5.74) is 2.66. The summed E-state index contributed by atoms with van der Waals surface area (Å²) in [5.74, 6) is -3.03. The van der Waals surface area contributed by atoms with Crippen molar-refractivity contribution in [3.63, 3.8) is 0 Å². The minimum absolute atomic E-state index is 0.00655. The lowest BCUT2D eigenvalue weighted by Gasteiger charge is -2.33. The number of alkyl halides is 3. The number of nitrogens with one attached hydrogen (secondary N) is 1. The number of carbonyl (C=O) groups excluding carboxylic acids is 2. The van der Waals surface area contributed by atoms with Crippen LogP contribution in [0.1, 0.15) is 24.8 Å². The van der Waals surface area contributed by atoms with Gasteiger partial charge in [-0.15, -0.1) is 5.06 Å². The van der Waals surface area contributed by atoms with E-state index in [9.17, 15) is 28.0 Å². The first-order valence-electron chi connectivity index (χ1n) is 10.0. The molecule has 32 heavy (non-hydrogen) atoms. The van der Waals surface area contributed by atoms with E-state index in [-0.39, 0.29) is 19.4 Å². The Balaban J connectivity index is 1.62. The van der Waals surface area contributed by atoms with Crippen molar-refractivity contribution in [3.05, 3.63) is 42.1 Å². The molecular weight excluding hydrogens is 427 g/mol. The van der Waals surface area contributed by atoms with Crippen LogP contribution >= 0.6 is 0 Å². The molecule has 0 saturated carbocycles. The van der Waals surface area contributed by atoms with Gasteiger partial charge in [0.1, 0.15) is 12.1 Å². The molecule has 2 heterocycles. The van der Waals surface area contributed by atoms with Gasteiger partial charge in [0.2, 0.25) is 5.91 Å². The van der Waals surface area contributed by atoms with E-state index in [0.29, 0.717) is 12.8 Å². The molecule has 1 fully saturated rings. The zero-order valence-corrected chi connectivity index (χ0v) is 17.3. The molecule has 1 N–H and O–H groups in total. The zero-order valence-electron chi connectivity index (χ0n) is 17.3. The molecular formula is C21H22F3N5O3. The lowest BCUT2D eigenvalue weighted by Crippen LogP contribution is -2.53. The van der Waals surface area contributed by atoms with E-state index >= 15 is 0 Å². The van der Waals surface area contributed by atoms with E-state index in [0.717, 1.165) is 21.9 Å². The number of rotatable bonds is 6. The highest BCUT2D eigenvalue weighted by molar-refractivity contribution is 5.83. The summed E-state index contributed by atoms with van der Waals surface area (Å²) in [7, 11) is 1.82. The van der Waals surface area contributed by atoms with Crippen LogP contribution in [0.5, 0.6) is 0 Å². The van der Waals surface area contributed by atoms with Crippen molar-refractivity contribution >= 4 is 11.9 Å². The number of hydrogen-bond donors (Lipinski definition) is 1. The Labute approximate surface area is 182 Å². The molecule has 1 amide bonds. The fourth-order valence-electron chi connectivity index (χ4n) is 3.54. The number of amides is 1. The summed E-state index contributed by atoms with van der Waals surface area (Å²) in [4.78, 5) is 28.2. The Morgan fingerprint density at radius 3 is 2.59 bits per heavy atom. The summed E-state index contributed by atoms with van der Waals surface area (Å²) in [6, 6.07) is 9.30. The van der Waals surface area contributed by atoms with Crippen LogP contribution in [0.15, 0.2) is 36.5 Å². The van der Waals surface area contributed by atoms with Crippen molar-refractivity contribution in [2.75, 3.05) is 6.54 Å². The number of benzene rings is 1. The van der Waals surface area contributed by atoms with Gasteiger partial charge in [0.15, 0.2) is 0 Å². The fourth-order valence-corrected chi connectivity index (χ4v) is 3.54. The first-order chi connectivity index (χ1) is 15.2. The Morgan fingerprint density at radius 2 is 2.00 bits per heavy atom. The summed E-state index contributed by atoms with van der Waals surface area (Å²) in [6.07, 6.45) is -1.97. The monoisotopic (exact) mass is 449 g/mol. The van der Waals surface area contributed by atoms with Gasteiger partial charge in [-0.2, -0.15) is 23.5 Å². The third kappa shape index (κ3) is 5.64. The molecule has 1 aromatic carbocycles. The molecule has 0 aliphatic carbocycles. The van der Waals surface area contributed by atoms with E-state index < -0.39 is 30.1 Å². The molecule has 3 rings (SSSR count). The van der Waals surface area contributed by atoms with E-state index in [2.05, 4.69) is 15.3 Å². The van der Waals surface area contributed by atoms with Crippen molar-refractivity contribution in [1.82, 2.24) is 20.2 Å². The summed E-state index contributed by atoms with van der Waals surface area (Å²) in [5, 5.41) is 16.9. The average molecular weight is 449 g/mol. The predicted octanol–water partition coefficient (Wildman–Crippen LogP) is 2.51. The molecule has 2 aromatic rings. The largest absolute Gasteiger partial charge is 0.492 e. The third-order valence-electron chi connectivity index (χ3n) is 5.17. The highest BCUT2D eigenvalue weighted by atomic mass is 19.4. The number of hydrogen-bond acceptors (Lipinski definition) is 6. The number of aromatic nitrogens is 2. The maximum atomic E-state index is 12.7. The number of hydroxylamine groups is 2. The molecule has 1 aliphatic rings. The number of nitriles is 1. The molecule has 1 saturated heterocycles. The predicted molar refractivity (Wildman–Crippen MR) is 106 cm³/mol. The van der Waals surface area contributed by atoms with Crippen LogP contribution in [0, 0.1) is 11.3 Å². The molecule has 0 radical (unpaired) electrons. The summed E-state index contributed by atoms with van der Waals surface area (Å²) < 4.78 is 39.3. The van der Waals surface area contributed by atoms with Crippen LogP contribution < -0.4 is 5.32 Å². The van der Waals surface area contributed by atoms with Crippen LogP contribution in [0.3, 0.4) is 0 Å². The number of halogens is 3. The molecule has 1 aliphatic heterocycles. The average Bonchev–Trinajstić information content (AvgIpc) is 3.19. The lowest BCUT2D eigenvalue weighted by atomic mass is 10.0. The number of piperidine rings is 1. The Bertz CT molecular complexity index is 997. The van der Waals surface area contributed by atoms with Crippen molar-refractivity contribution in [2.45, 2.75) is 43.9 Å². The fraction of sp³-hybridized carbons (Fsp3) is 0.429. The summed E-state index contributed by atoms with van der Waals surface area (Å²) in [6.45, 7) is 0.00655. The van der Waals surface area contributed by atoms with Crippen molar-refractivity contribution in [1.29, 1.82) is 5.26 Å². The van der Waals surface area contributed by atoms with Crippen molar-refractivity contribution in [2.24, 2.45) is 7.05 Å². The number of carbonyl (C=O) groups is 2. The second-order valence-electron chi connectivity index (χ2n) is 7.46. The minimum atomic E-state index is -5.16. The maximum absolute atomic E-state index is 12.7. The molecule has 1 aromatic heterocycles. The first-order valence-corrected chi connectivity index (χ1v) is 10.0. The van der Waals surface area contributed by atoms with Gasteiger partial charge in [0.05, 0.1) is 11.8 Å². The topological polar surface area (TPSA) is 100 Å². The molecule has 0 bridgehead atoms. The first kappa shape index (κ1) is 23.3. The van der Waals surface area contributed by atoms with E-state index in [1.54, 1.807) is 10.9 Å². The normalized spacial score (nSPS) is 17.9. The van der Waals surface area contributed by atoms with Crippen LogP contribution in [0.2, 0.25) is 0 Å². The van der Waals surface area contributed by atoms with Crippen LogP contribution in [0.25, 0.3) is 11.3 Å². The van der Waals surface area contributed by atoms with Crippen LogP contribution in [-0.2, 0) is 27.9 Å². The number of nitrogens with zero attached hydrogens (tertiary/aromatic N) is 4. The van der Waals surface area contributed by atoms with Gasteiger partial charge in [-0.1, -0.05) is 24.3 Å². The van der Waals surface area contributed by atoms with Gasteiger partial charge < -0.3 is 10.2 Å². The molecule has 0 spiro atoms. The van der Waals surface area contributed by atoms with E-state index in [1.165, 1.54) is 0 Å². The van der Waals surface area contributed by atoms with Gasteiger partial charge in [-0.05, 0) is 36.5 Å². The van der Waals surface area contributed by atoms with Gasteiger partial charge in [0, 0.05) is 26.2 Å². The second-order valence-corrected chi connectivity index (χ2v) is 7.46. The third-order valence-corrected chi connectivity index (χ3v) is 5.17. The smallest absolute Gasteiger partial charge is 0.360 e.